The Morgan fingerprint density at radius 3 is 2.67 bits per heavy atom. The SMILES string of the molecule is O=C(N=C1SC2CS(=O)(=O)CC2N1c1ccc(F)c(Cl)c1)C1CCCCC1. The van der Waals surface area contributed by atoms with Gasteiger partial charge in [-0.05, 0) is 31.0 Å². The molecule has 1 amide bonds. The van der Waals surface area contributed by atoms with E-state index in [4.69, 9.17) is 11.6 Å². The Balaban J connectivity index is 1.68. The van der Waals surface area contributed by atoms with Crippen molar-refractivity contribution in [2.24, 2.45) is 10.9 Å². The highest BCUT2D eigenvalue weighted by Crippen LogP contribution is 2.42. The lowest BCUT2D eigenvalue weighted by Crippen LogP contribution is -2.38. The van der Waals surface area contributed by atoms with Gasteiger partial charge in [0.2, 0.25) is 0 Å². The summed E-state index contributed by atoms with van der Waals surface area (Å²) in [4.78, 5) is 18.8. The maximum absolute atomic E-state index is 13.6. The number of hydrogen-bond donors (Lipinski definition) is 0. The first-order valence-electron chi connectivity index (χ1n) is 9.08. The van der Waals surface area contributed by atoms with E-state index in [0.717, 1.165) is 32.1 Å². The summed E-state index contributed by atoms with van der Waals surface area (Å²) < 4.78 is 37.8. The number of rotatable bonds is 2. The highest BCUT2D eigenvalue weighted by Gasteiger charge is 2.49. The molecule has 5 nitrogen and oxygen atoms in total. The van der Waals surface area contributed by atoms with Gasteiger partial charge in [0.15, 0.2) is 15.0 Å². The van der Waals surface area contributed by atoms with Crippen LogP contribution in [0.2, 0.25) is 5.02 Å². The molecule has 1 saturated carbocycles. The highest BCUT2D eigenvalue weighted by atomic mass is 35.5. The molecule has 4 rings (SSSR count). The van der Waals surface area contributed by atoms with Crippen molar-refractivity contribution in [2.45, 2.75) is 43.4 Å². The zero-order valence-electron chi connectivity index (χ0n) is 14.6. The van der Waals surface area contributed by atoms with Crippen LogP contribution in [0.3, 0.4) is 0 Å². The second kappa shape index (κ2) is 7.37. The summed E-state index contributed by atoms with van der Waals surface area (Å²) in [7, 11) is -3.15. The lowest BCUT2D eigenvalue weighted by Gasteiger charge is -2.25. The van der Waals surface area contributed by atoms with E-state index in [0.29, 0.717) is 10.9 Å². The van der Waals surface area contributed by atoms with E-state index >= 15 is 0 Å². The second-order valence-electron chi connectivity index (χ2n) is 7.34. The third-order valence-electron chi connectivity index (χ3n) is 5.41. The summed E-state index contributed by atoms with van der Waals surface area (Å²) in [5.41, 5.74) is 0.564. The third-order valence-corrected chi connectivity index (χ3v) is 8.91. The van der Waals surface area contributed by atoms with Gasteiger partial charge in [-0.3, -0.25) is 4.79 Å². The van der Waals surface area contributed by atoms with Crippen LogP contribution in [0.1, 0.15) is 32.1 Å². The molecule has 0 N–H and O–H groups in total. The number of anilines is 1. The molecule has 1 aromatic rings. The van der Waals surface area contributed by atoms with E-state index in [9.17, 15) is 17.6 Å². The highest BCUT2D eigenvalue weighted by molar-refractivity contribution is 8.16. The summed E-state index contributed by atoms with van der Waals surface area (Å²) in [6.07, 6.45) is 4.93. The molecule has 2 heterocycles. The largest absolute Gasteiger partial charge is 0.316 e. The average Bonchev–Trinajstić information content (AvgIpc) is 3.09. The molecule has 0 aromatic heterocycles. The van der Waals surface area contributed by atoms with Gasteiger partial charge in [-0.2, -0.15) is 4.99 Å². The van der Waals surface area contributed by atoms with E-state index < -0.39 is 15.7 Å². The first-order chi connectivity index (χ1) is 12.8. The Labute approximate surface area is 167 Å². The molecule has 3 fully saturated rings. The van der Waals surface area contributed by atoms with Crippen molar-refractivity contribution >= 4 is 50.0 Å². The van der Waals surface area contributed by atoms with Gasteiger partial charge in [-0.1, -0.05) is 42.6 Å². The van der Waals surface area contributed by atoms with Crippen LogP contribution >= 0.6 is 23.4 Å². The number of halogens is 2. The van der Waals surface area contributed by atoms with Gasteiger partial charge in [0.1, 0.15) is 5.82 Å². The Kier molecular flexibility index (Phi) is 5.24. The van der Waals surface area contributed by atoms with Crippen molar-refractivity contribution in [2.75, 3.05) is 16.4 Å². The third kappa shape index (κ3) is 3.89. The summed E-state index contributed by atoms with van der Waals surface area (Å²) in [6, 6.07) is 3.94. The quantitative estimate of drug-likeness (QED) is 0.716. The van der Waals surface area contributed by atoms with E-state index in [1.165, 1.54) is 23.9 Å². The van der Waals surface area contributed by atoms with Crippen LogP contribution in [0, 0.1) is 11.7 Å². The molecule has 2 unspecified atom stereocenters. The molecule has 27 heavy (non-hydrogen) atoms. The smallest absolute Gasteiger partial charge is 0.251 e. The van der Waals surface area contributed by atoms with E-state index in [1.54, 1.807) is 11.0 Å². The van der Waals surface area contributed by atoms with Crippen LogP contribution in [-0.4, -0.2) is 42.3 Å². The van der Waals surface area contributed by atoms with E-state index in [2.05, 4.69) is 4.99 Å². The number of amidine groups is 1. The number of benzene rings is 1. The number of carbonyl (C=O) groups excluding carboxylic acids is 1. The van der Waals surface area contributed by atoms with E-state index in [1.807, 2.05) is 0 Å². The monoisotopic (exact) mass is 430 g/mol. The zero-order chi connectivity index (χ0) is 19.2. The maximum Gasteiger partial charge on any atom is 0.251 e. The number of sulfone groups is 1. The molecule has 146 valence electrons. The lowest BCUT2D eigenvalue weighted by atomic mass is 9.89. The molecule has 2 saturated heterocycles. The lowest BCUT2D eigenvalue weighted by molar-refractivity contribution is -0.122. The molecule has 0 bridgehead atoms. The van der Waals surface area contributed by atoms with Gasteiger partial charge in [0.05, 0.1) is 22.6 Å². The Morgan fingerprint density at radius 2 is 1.96 bits per heavy atom. The minimum absolute atomic E-state index is 0.00367. The van der Waals surface area contributed by atoms with Crippen LogP contribution in [0.4, 0.5) is 10.1 Å². The molecule has 1 aromatic carbocycles. The summed E-state index contributed by atoms with van der Waals surface area (Å²) in [5, 5.41) is 0.273. The van der Waals surface area contributed by atoms with Crippen molar-refractivity contribution in [3.63, 3.8) is 0 Å². The standard InChI is InChI=1S/C18H20ClFN2O3S2/c19-13-8-12(6-7-14(13)20)22-15-9-27(24,25)10-16(15)26-18(22)21-17(23)11-4-2-1-3-5-11/h6-8,11,15-16H,1-5,9-10H2. The molecule has 3 aliphatic rings. The van der Waals surface area contributed by atoms with Gasteiger partial charge >= 0.3 is 0 Å². The maximum atomic E-state index is 13.6. The van der Waals surface area contributed by atoms with Gasteiger partial charge in [0.25, 0.3) is 5.91 Å². The number of carbonyl (C=O) groups is 1. The van der Waals surface area contributed by atoms with Crippen LogP contribution in [-0.2, 0) is 14.6 Å². The van der Waals surface area contributed by atoms with Crippen molar-refractivity contribution in [3.05, 3.63) is 29.0 Å². The van der Waals surface area contributed by atoms with Gasteiger partial charge in [-0.25, -0.2) is 12.8 Å². The first kappa shape index (κ1) is 19.2. The molecular formula is C18H20ClFN2O3S2. The molecular weight excluding hydrogens is 411 g/mol. The topological polar surface area (TPSA) is 66.8 Å². The molecule has 0 spiro atoms. The fourth-order valence-electron chi connectivity index (χ4n) is 4.04. The fourth-order valence-corrected chi connectivity index (χ4v) is 8.13. The molecule has 0 radical (unpaired) electrons. The van der Waals surface area contributed by atoms with Crippen LogP contribution in [0.25, 0.3) is 0 Å². The van der Waals surface area contributed by atoms with Crippen LogP contribution in [0.15, 0.2) is 23.2 Å². The van der Waals surface area contributed by atoms with Crippen molar-refractivity contribution in [1.29, 1.82) is 0 Å². The van der Waals surface area contributed by atoms with Gasteiger partial charge < -0.3 is 4.90 Å². The Hall–Kier alpha value is -1.12. The first-order valence-corrected chi connectivity index (χ1v) is 12.2. The molecule has 1 aliphatic carbocycles. The molecule has 9 heteroatoms. The zero-order valence-corrected chi connectivity index (χ0v) is 17.0. The van der Waals surface area contributed by atoms with Crippen molar-refractivity contribution in [1.82, 2.24) is 0 Å². The predicted molar refractivity (Wildman–Crippen MR) is 107 cm³/mol. The summed E-state index contributed by atoms with van der Waals surface area (Å²) in [5.74, 6) is -0.687. The Morgan fingerprint density at radius 1 is 1.22 bits per heavy atom. The molecule has 2 atom stereocenters. The number of hydrogen-bond acceptors (Lipinski definition) is 4. The second-order valence-corrected chi connectivity index (χ2v) is 11.1. The number of nitrogens with zero attached hydrogens (tertiary/aromatic N) is 2. The number of amides is 1. The van der Waals surface area contributed by atoms with Gasteiger partial charge in [-0.15, -0.1) is 0 Å². The van der Waals surface area contributed by atoms with Crippen LogP contribution in [0.5, 0.6) is 0 Å². The normalized spacial score (nSPS) is 29.3. The molecule has 2 aliphatic heterocycles. The average molecular weight is 431 g/mol. The number of thioether (sulfide) groups is 1. The summed E-state index contributed by atoms with van der Waals surface area (Å²) >= 11 is 7.26. The predicted octanol–water partition coefficient (Wildman–Crippen LogP) is 3.66. The van der Waals surface area contributed by atoms with E-state index in [-0.39, 0.29) is 39.6 Å². The minimum Gasteiger partial charge on any atom is -0.316 e. The van der Waals surface area contributed by atoms with Crippen LogP contribution < -0.4 is 4.90 Å². The number of fused-ring (bicyclic) bond motifs is 1. The van der Waals surface area contributed by atoms with Crippen molar-refractivity contribution < 1.29 is 17.6 Å². The summed E-state index contributed by atoms with van der Waals surface area (Å²) in [6.45, 7) is 0. The minimum atomic E-state index is -3.15. The van der Waals surface area contributed by atoms with Crippen molar-refractivity contribution in [3.8, 4) is 0 Å². The fraction of sp³-hybridized carbons (Fsp3) is 0.556. The Bertz CT molecular complexity index is 900. The van der Waals surface area contributed by atoms with Gasteiger partial charge in [0, 0.05) is 16.9 Å². The number of aliphatic imine (C=N–C) groups is 1.